The molecule has 3 nitrogen and oxygen atoms in total. The standard InChI is InChI=1S/C15H20N2O/c1-11-4-3-5-15(12(11)2)18-9-8-14(10-16)17-13-6-7-13/h3-5,13-14,17H,6-9H2,1-2H3. The molecule has 1 aromatic rings. The molecule has 96 valence electrons. The van der Waals surface area contributed by atoms with Gasteiger partial charge in [-0.15, -0.1) is 0 Å². The van der Waals surface area contributed by atoms with Crippen LogP contribution in [0.1, 0.15) is 30.4 Å². The number of nitriles is 1. The SMILES string of the molecule is Cc1cccc(OCCC(C#N)NC2CC2)c1C. The lowest BCUT2D eigenvalue weighted by molar-refractivity contribution is 0.295. The average molecular weight is 244 g/mol. The zero-order valence-corrected chi connectivity index (χ0v) is 11.1. The van der Waals surface area contributed by atoms with Gasteiger partial charge < -0.3 is 4.74 Å². The maximum absolute atomic E-state index is 9.03. The van der Waals surface area contributed by atoms with Crippen molar-refractivity contribution < 1.29 is 4.74 Å². The van der Waals surface area contributed by atoms with Crippen molar-refractivity contribution in [3.05, 3.63) is 29.3 Å². The summed E-state index contributed by atoms with van der Waals surface area (Å²) in [6.07, 6.45) is 3.15. The van der Waals surface area contributed by atoms with Crippen molar-refractivity contribution in [1.82, 2.24) is 5.32 Å². The molecule has 0 aliphatic heterocycles. The molecule has 2 rings (SSSR count). The molecule has 0 radical (unpaired) electrons. The lowest BCUT2D eigenvalue weighted by Crippen LogP contribution is -2.31. The van der Waals surface area contributed by atoms with E-state index in [1.54, 1.807) is 0 Å². The maximum atomic E-state index is 9.03. The van der Waals surface area contributed by atoms with Crippen LogP contribution in [-0.2, 0) is 0 Å². The Morgan fingerprint density at radius 1 is 1.44 bits per heavy atom. The molecule has 1 atom stereocenters. The summed E-state index contributed by atoms with van der Waals surface area (Å²) < 4.78 is 5.76. The Morgan fingerprint density at radius 2 is 2.22 bits per heavy atom. The fourth-order valence-corrected chi connectivity index (χ4v) is 1.89. The smallest absolute Gasteiger partial charge is 0.122 e. The Labute approximate surface area is 109 Å². The molecule has 0 spiro atoms. The van der Waals surface area contributed by atoms with Crippen LogP contribution in [0.5, 0.6) is 5.75 Å². The summed E-state index contributed by atoms with van der Waals surface area (Å²) in [5.41, 5.74) is 2.42. The highest BCUT2D eigenvalue weighted by molar-refractivity contribution is 5.38. The summed E-state index contributed by atoms with van der Waals surface area (Å²) in [6.45, 7) is 4.73. The molecule has 1 aliphatic rings. The van der Waals surface area contributed by atoms with Gasteiger partial charge >= 0.3 is 0 Å². The van der Waals surface area contributed by atoms with Crippen LogP contribution < -0.4 is 10.1 Å². The van der Waals surface area contributed by atoms with Crippen LogP contribution in [0.3, 0.4) is 0 Å². The minimum absolute atomic E-state index is 0.0809. The molecule has 18 heavy (non-hydrogen) atoms. The van der Waals surface area contributed by atoms with Gasteiger partial charge in [0.05, 0.1) is 18.7 Å². The first-order valence-corrected chi connectivity index (χ1v) is 6.55. The van der Waals surface area contributed by atoms with Gasteiger partial charge in [0.15, 0.2) is 0 Å². The van der Waals surface area contributed by atoms with E-state index in [9.17, 15) is 0 Å². The molecular formula is C15H20N2O. The minimum Gasteiger partial charge on any atom is -0.493 e. The molecule has 0 heterocycles. The van der Waals surface area contributed by atoms with Gasteiger partial charge in [-0.3, -0.25) is 5.32 Å². The Hall–Kier alpha value is -1.53. The number of rotatable bonds is 6. The third-order valence-electron chi connectivity index (χ3n) is 3.39. The van der Waals surface area contributed by atoms with E-state index in [1.165, 1.54) is 24.0 Å². The van der Waals surface area contributed by atoms with E-state index in [0.717, 1.165) is 12.2 Å². The van der Waals surface area contributed by atoms with Crippen LogP contribution in [0.4, 0.5) is 0 Å². The second-order valence-corrected chi connectivity index (χ2v) is 4.96. The van der Waals surface area contributed by atoms with Gasteiger partial charge in [0.25, 0.3) is 0 Å². The molecular weight excluding hydrogens is 224 g/mol. The van der Waals surface area contributed by atoms with E-state index in [0.29, 0.717) is 12.6 Å². The second kappa shape index (κ2) is 5.88. The minimum atomic E-state index is -0.0809. The molecule has 0 amide bonds. The summed E-state index contributed by atoms with van der Waals surface area (Å²) in [7, 11) is 0. The van der Waals surface area contributed by atoms with Crippen LogP contribution in [0, 0.1) is 25.2 Å². The molecule has 3 heteroatoms. The van der Waals surface area contributed by atoms with Crippen LogP contribution in [-0.4, -0.2) is 18.7 Å². The normalized spacial score (nSPS) is 16.1. The zero-order chi connectivity index (χ0) is 13.0. The van der Waals surface area contributed by atoms with Gasteiger partial charge in [-0.25, -0.2) is 0 Å². The van der Waals surface area contributed by atoms with Crippen molar-refractivity contribution in [3.63, 3.8) is 0 Å². The summed E-state index contributed by atoms with van der Waals surface area (Å²) >= 11 is 0. The van der Waals surface area contributed by atoms with E-state index in [4.69, 9.17) is 10.00 Å². The van der Waals surface area contributed by atoms with Gasteiger partial charge in [0.2, 0.25) is 0 Å². The Morgan fingerprint density at radius 3 is 2.89 bits per heavy atom. The van der Waals surface area contributed by atoms with Crippen LogP contribution in [0.25, 0.3) is 0 Å². The lowest BCUT2D eigenvalue weighted by atomic mass is 10.1. The van der Waals surface area contributed by atoms with E-state index >= 15 is 0 Å². The summed E-state index contributed by atoms with van der Waals surface area (Å²) in [5.74, 6) is 0.929. The first-order chi connectivity index (χ1) is 8.70. The highest BCUT2D eigenvalue weighted by Crippen LogP contribution is 2.22. The largest absolute Gasteiger partial charge is 0.493 e. The van der Waals surface area contributed by atoms with Gasteiger partial charge in [-0.1, -0.05) is 12.1 Å². The van der Waals surface area contributed by atoms with E-state index < -0.39 is 0 Å². The molecule has 0 aromatic heterocycles. The monoisotopic (exact) mass is 244 g/mol. The third kappa shape index (κ3) is 3.48. The molecule has 1 aromatic carbocycles. The van der Waals surface area contributed by atoms with Crippen LogP contribution in [0.2, 0.25) is 0 Å². The lowest BCUT2D eigenvalue weighted by Gasteiger charge is -2.13. The van der Waals surface area contributed by atoms with Crippen LogP contribution >= 0.6 is 0 Å². The zero-order valence-electron chi connectivity index (χ0n) is 11.1. The molecule has 1 N–H and O–H groups in total. The fourth-order valence-electron chi connectivity index (χ4n) is 1.89. The predicted molar refractivity (Wildman–Crippen MR) is 71.6 cm³/mol. The van der Waals surface area contributed by atoms with Crippen molar-refractivity contribution in [1.29, 1.82) is 5.26 Å². The number of hydrogen-bond donors (Lipinski definition) is 1. The number of aryl methyl sites for hydroxylation is 1. The third-order valence-corrected chi connectivity index (χ3v) is 3.39. The summed E-state index contributed by atoms with van der Waals surface area (Å²) in [5, 5.41) is 12.3. The Balaban J connectivity index is 1.80. The van der Waals surface area contributed by atoms with Gasteiger partial charge in [0.1, 0.15) is 5.75 Å². The van der Waals surface area contributed by atoms with E-state index in [2.05, 4.69) is 31.3 Å². The Kier molecular flexibility index (Phi) is 4.22. The van der Waals surface area contributed by atoms with Crippen molar-refractivity contribution in [2.75, 3.05) is 6.61 Å². The number of nitrogens with zero attached hydrogens (tertiary/aromatic N) is 1. The molecule has 1 saturated carbocycles. The molecule has 1 fully saturated rings. The van der Waals surface area contributed by atoms with E-state index in [-0.39, 0.29) is 6.04 Å². The maximum Gasteiger partial charge on any atom is 0.122 e. The number of benzene rings is 1. The average Bonchev–Trinajstić information content (AvgIpc) is 3.17. The highest BCUT2D eigenvalue weighted by atomic mass is 16.5. The fraction of sp³-hybridized carbons (Fsp3) is 0.533. The molecule has 0 bridgehead atoms. The highest BCUT2D eigenvalue weighted by Gasteiger charge is 2.24. The van der Waals surface area contributed by atoms with Crippen LogP contribution in [0.15, 0.2) is 18.2 Å². The van der Waals surface area contributed by atoms with Crippen molar-refractivity contribution in [2.45, 2.75) is 45.2 Å². The molecule has 1 unspecified atom stereocenters. The summed E-state index contributed by atoms with van der Waals surface area (Å²) in [4.78, 5) is 0. The predicted octanol–water partition coefficient (Wildman–Crippen LogP) is 2.72. The molecule has 1 aliphatic carbocycles. The van der Waals surface area contributed by atoms with E-state index in [1.807, 2.05) is 12.1 Å². The Bertz CT molecular complexity index is 446. The molecule has 0 saturated heterocycles. The number of nitrogens with one attached hydrogen (secondary N) is 1. The number of hydrogen-bond acceptors (Lipinski definition) is 3. The quantitative estimate of drug-likeness (QED) is 0.836. The van der Waals surface area contributed by atoms with Gasteiger partial charge in [-0.2, -0.15) is 5.26 Å². The van der Waals surface area contributed by atoms with Gasteiger partial charge in [-0.05, 0) is 43.9 Å². The topological polar surface area (TPSA) is 45.0 Å². The second-order valence-electron chi connectivity index (χ2n) is 4.96. The summed E-state index contributed by atoms with van der Waals surface area (Å²) in [6, 6.07) is 8.84. The first kappa shape index (κ1) is 12.9. The first-order valence-electron chi connectivity index (χ1n) is 6.55. The van der Waals surface area contributed by atoms with Crippen molar-refractivity contribution >= 4 is 0 Å². The van der Waals surface area contributed by atoms with Gasteiger partial charge in [0, 0.05) is 12.5 Å². The van der Waals surface area contributed by atoms with Crippen molar-refractivity contribution in [3.8, 4) is 11.8 Å². The van der Waals surface area contributed by atoms with Crippen molar-refractivity contribution in [2.24, 2.45) is 0 Å². The number of ether oxygens (including phenoxy) is 1.